The van der Waals surface area contributed by atoms with E-state index in [1.54, 1.807) is 0 Å². The maximum Gasteiger partial charge on any atom is 0.227 e. The number of nitrogens with zero attached hydrogens (tertiary/aromatic N) is 4. The van der Waals surface area contributed by atoms with Gasteiger partial charge in [-0.15, -0.1) is 10.2 Å². The van der Waals surface area contributed by atoms with Gasteiger partial charge in [0.25, 0.3) is 0 Å². The van der Waals surface area contributed by atoms with E-state index >= 15 is 0 Å². The maximum atomic E-state index is 11.5. The SMILES string of the molecule is Cc1ccccc1Cc1nnc(N2CCC(NS(C)(=O)=O)CC2)n1CC1CC1C. The Morgan fingerprint density at radius 3 is 2.48 bits per heavy atom. The Hall–Kier alpha value is -1.93. The molecule has 7 nitrogen and oxygen atoms in total. The number of nitrogens with one attached hydrogen (secondary N) is 1. The molecule has 0 spiro atoms. The van der Waals surface area contributed by atoms with Gasteiger partial charge in [0.05, 0.1) is 6.26 Å². The number of hydrogen-bond acceptors (Lipinski definition) is 5. The molecule has 1 aliphatic heterocycles. The van der Waals surface area contributed by atoms with Gasteiger partial charge in [0.1, 0.15) is 5.82 Å². The predicted molar refractivity (Wildman–Crippen MR) is 114 cm³/mol. The lowest BCUT2D eigenvalue weighted by Crippen LogP contribution is -2.45. The minimum absolute atomic E-state index is 0.00696. The molecule has 0 radical (unpaired) electrons. The summed E-state index contributed by atoms with van der Waals surface area (Å²) in [7, 11) is -3.16. The highest BCUT2D eigenvalue weighted by molar-refractivity contribution is 7.88. The molecule has 0 bridgehead atoms. The lowest BCUT2D eigenvalue weighted by atomic mass is 10.1. The number of hydrogen-bond donors (Lipinski definition) is 1. The molecular formula is C21H31N5O2S. The molecule has 1 N–H and O–H groups in total. The second kappa shape index (κ2) is 8.07. The maximum absolute atomic E-state index is 11.5. The normalized spacial score (nSPS) is 22.8. The number of aryl methyl sites for hydroxylation is 1. The molecule has 158 valence electrons. The summed E-state index contributed by atoms with van der Waals surface area (Å²) < 4.78 is 28.1. The second-order valence-electron chi connectivity index (χ2n) is 8.75. The highest BCUT2D eigenvalue weighted by Crippen LogP contribution is 2.40. The van der Waals surface area contributed by atoms with Crippen molar-refractivity contribution in [1.29, 1.82) is 0 Å². The van der Waals surface area contributed by atoms with Crippen molar-refractivity contribution in [3.05, 3.63) is 41.2 Å². The summed E-state index contributed by atoms with van der Waals surface area (Å²) in [5, 5.41) is 9.14. The van der Waals surface area contributed by atoms with Gasteiger partial charge in [0.15, 0.2) is 0 Å². The average Bonchev–Trinajstić information content (AvgIpc) is 3.21. The largest absolute Gasteiger partial charge is 0.341 e. The van der Waals surface area contributed by atoms with E-state index in [0.717, 1.165) is 56.6 Å². The lowest BCUT2D eigenvalue weighted by molar-refractivity contribution is 0.451. The molecule has 2 heterocycles. The van der Waals surface area contributed by atoms with Crippen LogP contribution in [-0.2, 0) is 23.0 Å². The molecule has 1 aliphatic carbocycles. The van der Waals surface area contributed by atoms with Crippen molar-refractivity contribution in [3.63, 3.8) is 0 Å². The Morgan fingerprint density at radius 1 is 1.17 bits per heavy atom. The van der Waals surface area contributed by atoms with Crippen LogP contribution in [0, 0.1) is 18.8 Å². The van der Waals surface area contributed by atoms with Gasteiger partial charge in [-0.25, -0.2) is 13.1 Å². The summed E-state index contributed by atoms with van der Waals surface area (Å²) in [4.78, 5) is 2.27. The van der Waals surface area contributed by atoms with Crippen molar-refractivity contribution in [2.24, 2.45) is 11.8 Å². The van der Waals surface area contributed by atoms with Crippen LogP contribution >= 0.6 is 0 Å². The van der Waals surface area contributed by atoms with Crippen LogP contribution in [0.5, 0.6) is 0 Å². The summed E-state index contributed by atoms with van der Waals surface area (Å²) >= 11 is 0. The molecular weight excluding hydrogens is 386 g/mol. The first-order chi connectivity index (χ1) is 13.8. The first-order valence-electron chi connectivity index (χ1n) is 10.5. The molecule has 8 heteroatoms. The van der Waals surface area contributed by atoms with Gasteiger partial charge in [-0.05, 0) is 49.1 Å². The van der Waals surface area contributed by atoms with Crippen molar-refractivity contribution in [3.8, 4) is 0 Å². The first kappa shape index (κ1) is 20.3. The number of sulfonamides is 1. The highest BCUT2D eigenvalue weighted by Gasteiger charge is 2.35. The van der Waals surface area contributed by atoms with Crippen molar-refractivity contribution in [2.75, 3.05) is 24.2 Å². The van der Waals surface area contributed by atoms with Gasteiger partial charge in [-0.2, -0.15) is 0 Å². The molecule has 2 unspecified atom stereocenters. The van der Waals surface area contributed by atoms with Gasteiger partial charge in [-0.1, -0.05) is 31.2 Å². The van der Waals surface area contributed by atoms with Crippen LogP contribution in [-0.4, -0.2) is 48.6 Å². The molecule has 2 fully saturated rings. The first-order valence-corrected chi connectivity index (χ1v) is 12.4. The van der Waals surface area contributed by atoms with E-state index < -0.39 is 10.0 Å². The number of anilines is 1. The molecule has 1 saturated heterocycles. The Kier molecular flexibility index (Phi) is 5.66. The van der Waals surface area contributed by atoms with Crippen LogP contribution in [0.15, 0.2) is 24.3 Å². The van der Waals surface area contributed by atoms with E-state index in [1.807, 2.05) is 0 Å². The minimum atomic E-state index is -3.16. The van der Waals surface area contributed by atoms with E-state index in [4.69, 9.17) is 0 Å². The number of piperidine rings is 1. The van der Waals surface area contributed by atoms with E-state index in [0.29, 0.717) is 5.92 Å². The highest BCUT2D eigenvalue weighted by atomic mass is 32.2. The zero-order chi connectivity index (χ0) is 20.6. The summed E-state index contributed by atoms with van der Waals surface area (Å²) in [6.07, 6.45) is 4.85. The van der Waals surface area contributed by atoms with Gasteiger partial charge in [0, 0.05) is 32.1 Å². The fourth-order valence-electron chi connectivity index (χ4n) is 4.24. The van der Waals surface area contributed by atoms with Crippen LogP contribution in [0.25, 0.3) is 0 Å². The Bertz CT molecular complexity index is 963. The van der Waals surface area contributed by atoms with Gasteiger partial charge >= 0.3 is 0 Å². The van der Waals surface area contributed by atoms with E-state index in [-0.39, 0.29) is 6.04 Å². The number of rotatable bonds is 7. The zero-order valence-electron chi connectivity index (χ0n) is 17.5. The molecule has 2 atom stereocenters. The molecule has 0 amide bonds. The quantitative estimate of drug-likeness (QED) is 0.748. The van der Waals surface area contributed by atoms with Gasteiger partial charge in [-0.3, -0.25) is 4.57 Å². The Morgan fingerprint density at radius 2 is 1.86 bits per heavy atom. The fraction of sp³-hybridized carbons (Fsp3) is 0.619. The molecule has 4 rings (SSSR count). The third-order valence-corrected chi connectivity index (χ3v) is 7.03. The average molecular weight is 418 g/mol. The van der Waals surface area contributed by atoms with Gasteiger partial charge in [0.2, 0.25) is 16.0 Å². The molecule has 1 saturated carbocycles. The summed E-state index contributed by atoms with van der Waals surface area (Å²) in [5.74, 6) is 3.42. The lowest BCUT2D eigenvalue weighted by Gasteiger charge is -2.32. The zero-order valence-corrected chi connectivity index (χ0v) is 18.3. The third kappa shape index (κ3) is 4.98. The monoisotopic (exact) mass is 417 g/mol. The van der Waals surface area contributed by atoms with E-state index in [9.17, 15) is 8.42 Å². The van der Waals surface area contributed by atoms with Crippen LogP contribution in [0.4, 0.5) is 5.95 Å². The fourth-order valence-corrected chi connectivity index (χ4v) is 5.09. The smallest absolute Gasteiger partial charge is 0.227 e. The summed E-state index contributed by atoms with van der Waals surface area (Å²) in [6.45, 7) is 6.98. The molecule has 29 heavy (non-hydrogen) atoms. The predicted octanol–water partition coefficient (Wildman–Crippen LogP) is 2.35. The number of benzene rings is 1. The van der Waals surface area contributed by atoms with Gasteiger partial charge < -0.3 is 4.90 Å². The van der Waals surface area contributed by atoms with Crippen LogP contribution in [0.1, 0.15) is 43.1 Å². The molecule has 2 aromatic rings. The Balaban J connectivity index is 1.52. The topological polar surface area (TPSA) is 80.1 Å². The van der Waals surface area contributed by atoms with Crippen molar-refractivity contribution in [2.45, 2.75) is 52.1 Å². The molecule has 1 aromatic heterocycles. The Labute approximate surface area is 173 Å². The second-order valence-corrected chi connectivity index (χ2v) is 10.5. The summed E-state index contributed by atoms with van der Waals surface area (Å²) in [5.41, 5.74) is 2.56. The van der Waals surface area contributed by atoms with Crippen LogP contribution in [0.2, 0.25) is 0 Å². The van der Waals surface area contributed by atoms with Crippen molar-refractivity contribution < 1.29 is 8.42 Å². The van der Waals surface area contributed by atoms with E-state index in [1.165, 1.54) is 23.8 Å². The van der Waals surface area contributed by atoms with E-state index in [2.05, 4.69) is 62.5 Å². The molecule has 2 aliphatic rings. The summed E-state index contributed by atoms with van der Waals surface area (Å²) in [6, 6.07) is 8.45. The minimum Gasteiger partial charge on any atom is -0.341 e. The van der Waals surface area contributed by atoms with Crippen LogP contribution in [0.3, 0.4) is 0 Å². The number of aromatic nitrogens is 3. The van der Waals surface area contributed by atoms with Crippen molar-refractivity contribution >= 4 is 16.0 Å². The van der Waals surface area contributed by atoms with Crippen LogP contribution < -0.4 is 9.62 Å². The third-order valence-electron chi connectivity index (χ3n) is 6.27. The van der Waals surface area contributed by atoms with Crippen molar-refractivity contribution in [1.82, 2.24) is 19.5 Å². The molecule has 1 aromatic carbocycles. The standard InChI is InChI=1S/C21H31N5O2S/c1-15-6-4-5-7-17(15)13-20-22-23-21(26(20)14-18-12-16(18)2)25-10-8-19(9-11-25)24-29(3,27)28/h4-7,16,18-19,24H,8-14H2,1-3H3.